The van der Waals surface area contributed by atoms with E-state index in [2.05, 4.69) is 25.3 Å². The fourth-order valence-electron chi connectivity index (χ4n) is 4.59. The van der Waals surface area contributed by atoms with Gasteiger partial charge in [0.25, 0.3) is 5.71 Å². The third-order valence-corrected chi connectivity index (χ3v) is 6.22. The fraction of sp³-hybridized carbons (Fsp3) is 0.455. The molecule has 1 aromatic carbocycles. The third-order valence-electron chi connectivity index (χ3n) is 6.22. The van der Waals surface area contributed by atoms with E-state index in [-0.39, 0.29) is 17.6 Å². The quantitative estimate of drug-likeness (QED) is 0.707. The number of hydrogen-bond donors (Lipinski definition) is 1. The van der Waals surface area contributed by atoms with E-state index in [1.807, 2.05) is 0 Å². The normalized spacial score (nSPS) is 18.2. The van der Waals surface area contributed by atoms with Gasteiger partial charge in [-0.3, -0.25) is 4.79 Å². The van der Waals surface area contributed by atoms with Crippen LogP contribution in [0.5, 0.6) is 0 Å². The average Bonchev–Trinajstić information content (AvgIpc) is 3.43. The van der Waals surface area contributed by atoms with Crippen molar-refractivity contribution in [2.24, 2.45) is 5.92 Å². The maximum absolute atomic E-state index is 13.7. The molecule has 3 heterocycles. The zero-order valence-electron chi connectivity index (χ0n) is 16.7. The summed E-state index contributed by atoms with van der Waals surface area (Å²) in [6.07, 6.45) is 7.60. The maximum Gasteiger partial charge on any atom is 0.263 e. The Morgan fingerprint density at radius 3 is 2.70 bits per heavy atom. The highest BCUT2D eigenvalue weighted by molar-refractivity contribution is 5.98. The first-order valence-electron chi connectivity index (χ1n) is 10.6. The number of piperidine rings is 1. The molecule has 1 N–H and O–H groups in total. The van der Waals surface area contributed by atoms with Crippen molar-refractivity contribution >= 4 is 22.8 Å². The van der Waals surface area contributed by atoms with Crippen LogP contribution in [0.15, 0.2) is 35.1 Å². The second-order valence-corrected chi connectivity index (χ2v) is 8.17. The van der Waals surface area contributed by atoms with E-state index in [1.165, 1.54) is 31.3 Å². The number of halogens is 1. The zero-order valence-corrected chi connectivity index (χ0v) is 16.7. The summed E-state index contributed by atoms with van der Waals surface area (Å²) in [6, 6.07) is 6.60. The van der Waals surface area contributed by atoms with Crippen molar-refractivity contribution in [3.63, 3.8) is 0 Å². The molecule has 0 radical (unpaired) electrons. The Hall–Kier alpha value is -3.03. The molecule has 1 amide bonds. The molecule has 1 aliphatic carbocycles. The van der Waals surface area contributed by atoms with E-state index in [0.717, 1.165) is 31.5 Å². The average molecular weight is 409 g/mol. The van der Waals surface area contributed by atoms with Crippen LogP contribution >= 0.6 is 0 Å². The second-order valence-electron chi connectivity index (χ2n) is 8.17. The Kier molecular flexibility index (Phi) is 5.06. The summed E-state index contributed by atoms with van der Waals surface area (Å²) >= 11 is 0. The summed E-state index contributed by atoms with van der Waals surface area (Å²) in [5.74, 6) is 0.593. The number of fused-ring (bicyclic) bond motifs is 1. The molecular formula is C22H24FN5O2. The number of nitrogens with one attached hydrogen (secondary N) is 1. The van der Waals surface area contributed by atoms with E-state index in [1.54, 1.807) is 12.1 Å². The fourth-order valence-corrected chi connectivity index (χ4v) is 4.59. The van der Waals surface area contributed by atoms with Crippen molar-refractivity contribution in [2.75, 3.05) is 18.0 Å². The highest BCUT2D eigenvalue weighted by atomic mass is 19.1. The van der Waals surface area contributed by atoms with Crippen LogP contribution in [0.3, 0.4) is 0 Å². The molecule has 0 bridgehead atoms. The minimum absolute atomic E-state index is 0.0318. The van der Waals surface area contributed by atoms with Crippen LogP contribution in [0.4, 0.5) is 10.2 Å². The number of nitrogens with zero attached hydrogens (tertiary/aromatic N) is 4. The highest BCUT2D eigenvalue weighted by Crippen LogP contribution is 2.35. The number of carbonyl (C=O) groups excluding carboxylic acids is 1. The molecule has 3 aromatic rings. The lowest BCUT2D eigenvalue weighted by Crippen LogP contribution is -2.43. The van der Waals surface area contributed by atoms with E-state index in [4.69, 9.17) is 4.52 Å². The summed E-state index contributed by atoms with van der Waals surface area (Å²) in [5, 5.41) is 8.03. The largest absolute Gasteiger partial charge is 0.356 e. The van der Waals surface area contributed by atoms with E-state index in [0.29, 0.717) is 41.5 Å². The molecule has 7 nitrogen and oxygen atoms in total. The van der Waals surface area contributed by atoms with Gasteiger partial charge < -0.3 is 14.7 Å². The van der Waals surface area contributed by atoms with Gasteiger partial charge in [0.15, 0.2) is 0 Å². The lowest BCUT2D eigenvalue weighted by molar-refractivity contribution is -0.126. The van der Waals surface area contributed by atoms with Gasteiger partial charge >= 0.3 is 0 Å². The first kappa shape index (κ1) is 19.0. The van der Waals surface area contributed by atoms with Crippen LogP contribution in [-0.4, -0.2) is 40.2 Å². The number of benzene rings is 1. The topological polar surface area (TPSA) is 84.2 Å². The molecule has 5 rings (SSSR count). The van der Waals surface area contributed by atoms with Gasteiger partial charge in [-0.25, -0.2) is 9.37 Å². The maximum atomic E-state index is 13.7. The van der Waals surface area contributed by atoms with Gasteiger partial charge in [0.05, 0.1) is 0 Å². The van der Waals surface area contributed by atoms with Crippen LogP contribution in [0, 0.1) is 11.7 Å². The Balaban J connectivity index is 1.36. The lowest BCUT2D eigenvalue weighted by Gasteiger charge is -2.32. The molecule has 156 valence electrons. The standard InChI is InChI=1S/C22H24FN5O2/c23-16-5-3-4-15(12-16)19-18-20(24-13-25-22(18)30-27-19)28-10-8-14(9-11-28)21(29)26-17-6-1-2-7-17/h3-5,12-14,17H,1-2,6-11H2,(H,26,29). The van der Waals surface area contributed by atoms with Crippen LogP contribution in [0.25, 0.3) is 22.4 Å². The Morgan fingerprint density at radius 2 is 1.93 bits per heavy atom. The molecule has 30 heavy (non-hydrogen) atoms. The minimum Gasteiger partial charge on any atom is -0.356 e. The van der Waals surface area contributed by atoms with Gasteiger partial charge in [0.2, 0.25) is 5.91 Å². The first-order chi connectivity index (χ1) is 14.7. The second kappa shape index (κ2) is 8.01. The molecule has 0 atom stereocenters. The predicted molar refractivity (Wildman–Crippen MR) is 110 cm³/mol. The van der Waals surface area contributed by atoms with Crippen LogP contribution < -0.4 is 10.2 Å². The molecule has 2 aliphatic rings. The number of hydrogen-bond acceptors (Lipinski definition) is 6. The lowest BCUT2D eigenvalue weighted by atomic mass is 9.95. The van der Waals surface area contributed by atoms with Crippen LogP contribution in [0.2, 0.25) is 0 Å². The van der Waals surface area contributed by atoms with E-state index >= 15 is 0 Å². The monoisotopic (exact) mass is 409 g/mol. The van der Waals surface area contributed by atoms with Crippen molar-refractivity contribution in [2.45, 2.75) is 44.6 Å². The van der Waals surface area contributed by atoms with E-state index < -0.39 is 0 Å². The Bertz CT molecular complexity index is 1050. The van der Waals surface area contributed by atoms with Gasteiger partial charge in [0.1, 0.15) is 29.0 Å². The summed E-state index contributed by atoms with van der Waals surface area (Å²) in [7, 11) is 0. The number of aromatic nitrogens is 3. The summed E-state index contributed by atoms with van der Waals surface area (Å²) in [6.45, 7) is 1.42. The molecule has 1 saturated carbocycles. The molecule has 2 fully saturated rings. The first-order valence-corrected chi connectivity index (χ1v) is 10.6. The third kappa shape index (κ3) is 3.62. The van der Waals surface area contributed by atoms with Gasteiger partial charge in [0, 0.05) is 30.6 Å². The summed E-state index contributed by atoms with van der Waals surface area (Å²) < 4.78 is 19.1. The number of carbonyl (C=O) groups is 1. The summed E-state index contributed by atoms with van der Waals surface area (Å²) in [5.41, 5.74) is 1.53. The van der Waals surface area contributed by atoms with Crippen LogP contribution in [-0.2, 0) is 4.79 Å². The van der Waals surface area contributed by atoms with E-state index in [9.17, 15) is 9.18 Å². The Labute approximate surface area is 173 Å². The molecule has 8 heteroatoms. The molecular weight excluding hydrogens is 385 g/mol. The van der Waals surface area contributed by atoms with Crippen molar-refractivity contribution in [3.05, 3.63) is 36.4 Å². The van der Waals surface area contributed by atoms with Crippen LogP contribution in [0.1, 0.15) is 38.5 Å². The summed E-state index contributed by atoms with van der Waals surface area (Å²) in [4.78, 5) is 23.4. The number of amides is 1. The molecule has 1 saturated heterocycles. The van der Waals surface area contributed by atoms with Gasteiger partial charge in [-0.15, -0.1) is 0 Å². The molecule has 0 unspecified atom stereocenters. The SMILES string of the molecule is O=C(NC1CCCC1)C1CCN(c2ncnc3onc(-c4cccc(F)c4)c23)CC1. The van der Waals surface area contributed by atoms with Crippen molar-refractivity contribution < 1.29 is 13.7 Å². The molecule has 0 spiro atoms. The zero-order chi connectivity index (χ0) is 20.5. The number of rotatable bonds is 4. The van der Waals surface area contributed by atoms with Gasteiger partial charge in [-0.1, -0.05) is 30.1 Å². The molecule has 1 aliphatic heterocycles. The predicted octanol–water partition coefficient (Wildman–Crippen LogP) is 3.70. The molecule has 2 aromatic heterocycles. The minimum atomic E-state index is -0.337. The van der Waals surface area contributed by atoms with Crippen molar-refractivity contribution in [1.82, 2.24) is 20.4 Å². The van der Waals surface area contributed by atoms with Gasteiger partial charge in [-0.2, -0.15) is 4.98 Å². The van der Waals surface area contributed by atoms with Gasteiger partial charge in [-0.05, 0) is 37.8 Å². The van der Waals surface area contributed by atoms with Crippen molar-refractivity contribution in [1.29, 1.82) is 0 Å². The highest BCUT2D eigenvalue weighted by Gasteiger charge is 2.29. The number of anilines is 1. The van der Waals surface area contributed by atoms with Crippen molar-refractivity contribution in [3.8, 4) is 11.3 Å². The smallest absolute Gasteiger partial charge is 0.263 e. The Morgan fingerprint density at radius 1 is 1.13 bits per heavy atom.